The number of amides is 2. The standard InChI is InChI=1S/C23H29BrN4O4/c1-32-17-8-6-16(7-9-17)26-23(31)27-11-19-22(14-2-4-15(24)5-3-14)18(10-25)28(19)13-21(30)20(29)12-27/h2-9,18-22,29-30H,10-13,25H2,1H3,(H,26,31)/t18-,19?,20?,21?,22?/m1/s1. The number of nitrogens with zero attached hydrogens (tertiary/aromatic N) is 2. The highest BCUT2D eigenvalue weighted by molar-refractivity contribution is 9.10. The van der Waals surface area contributed by atoms with Crippen LogP contribution in [0.3, 0.4) is 0 Å². The molecule has 2 aliphatic rings. The van der Waals surface area contributed by atoms with E-state index in [1.807, 2.05) is 12.1 Å². The zero-order valence-corrected chi connectivity index (χ0v) is 19.5. The Morgan fingerprint density at radius 1 is 1.09 bits per heavy atom. The fourth-order valence-electron chi connectivity index (χ4n) is 4.74. The van der Waals surface area contributed by atoms with Gasteiger partial charge in [-0.05, 0) is 42.0 Å². The van der Waals surface area contributed by atoms with Crippen molar-refractivity contribution in [2.24, 2.45) is 5.73 Å². The van der Waals surface area contributed by atoms with Crippen molar-refractivity contribution in [3.8, 4) is 5.75 Å². The maximum absolute atomic E-state index is 13.1. The number of carbonyl (C=O) groups is 1. The predicted octanol–water partition coefficient (Wildman–Crippen LogP) is 1.82. The summed E-state index contributed by atoms with van der Waals surface area (Å²) in [5.74, 6) is 0.829. The summed E-state index contributed by atoms with van der Waals surface area (Å²) in [5.41, 5.74) is 7.87. The van der Waals surface area contributed by atoms with Crippen LogP contribution in [-0.4, -0.2) is 83.6 Å². The van der Waals surface area contributed by atoms with Crippen LogP contribution in [-0.2, 0) is 0 Å². The highest BCUT2D eigenvalue weighted by Crippen LogP contribution is 2.42. The molecule has 5 N–H and O–H groups in total. The van der Waals surface area contributed by atoms with Gasteiger partial charge in [-0.1, -0.05) is 28.1 Å². The first-order chi connectivity index (χ1) is 15.4. The van der Waals surface area contributed by atoms with Gasteiger partial charge in [0.25, 0.3) is 0 Å². The lowest BCUT2D eigenvalue weighted by molar-refractivity contribution is -0.0988. The van der Waals surface area contributed by atoms with Gasteiger partial charge in [0.1, 0.15) is 5.75 Å². The summed E-state index contributed by atoms with van der Waals surface area (Å²) in [7, 11) is 1.58. The molecule has 2 heterocycles. The topological polar surface area (TPSA) is 111 Å². The number of methoxy groups -OCH3 is 1. The molecule has 2 aromatic carbocycles. The van der Waals surface area contributed by atoms with Crippen LogP contribution in [0, 0.1) is 0 Å². The van der Waals surface area contributed by atoms with Crippen LogP contribution in [0.25, 0.3) is 0 Å². The highest BCUT2D eigenvalue weighted by atomic mass is 79.9. The second kappa shape index (κ2) is 9.76. The molecule has 8 nitrogen and oxygen atoms in total. The van der Waals surface area contributed by atoms with E-state index in [2.05, 4.69) is 38.3 Å². The molecule has 2 aromatic rings. The lowest BCUT2D eigenvalue weighted by Gasteiger charge is -2.58. The molecule has 0 saturated carbocycles. The first-order valence-electron chi connectivity index (χ1n) is 10.7. The van der Waals surface area contributed by atoms with Gasteiger partial charge in [-0.3, -0.25) is 4.90 Å². The molecule has 0 aliphatic carbocycles. The summed E-state index contributed by atoms with van der Waals surface area (Å²) in [6.45, 7) is 1.23. The van der Waals surface area contributed by atoms with Gasteiger partial charge in [-0.2, -0.15) is 0 Å². The van der Waals surface area contributed by atoms with Gasteiger partial charge in [0.15, 0.2) is 0 Å². The SMILES string of the molecule is COc1ccc(NC(=O)N2CC(O)C(O)CN3C(C2)C(c2ccc(Br)cc2)[C@H]3CN)cc1. The monoisotopic (exact) mass is 504 g/mol. The molecule has 2 fully saturated rings. The molecular formula is C23H29BrN4O4. The number of fused-ring (bicyclic) bond motifs is 1. The van der Waals surface area contributed by atoms with Crippen LogP contribution in [0.5, 0.6) is 5.75 Å². The maximum atomic E-state index is 13.1. The molecule has 2 amide bonds. The Hall–Kier alpha value is -2.17. The quantitative estimate of drug-likeness (QED) is 0.505. The van der Waals surface area contributed by atoms with E-state index in [0.29, 0.717) is 31.1 Å². The van der Waals surface area contributed by atoms with Crippen molar-refractivity contribution in [3.63, 3.8) is 0 Å². The normalized spacial score (nSPS) is 28.2. The summed E-state index contributed by atoms with van der Waals surface area (Å²) in [5, 5.41) is 23.9. The Balaban J connectivity index is 1.56. The van der Waals surface area contributed by atoms with Crippen LogP contribution in [0.4, 0.5) is 10.5 Å². The number of aliphatic hydroxyl groups excluding tert-OH is 2. The molecule has 0 spiro atoms. The number of urea groups is 1. The van der Waals surface area contributed by atoms with Gasteiger partial charge in [0, 0.05) is 47.8 Å². The molecule has 0 radical (unpaired) electrons. The van der Waals surface area contributed by atoms with Gasteiger partial charge in [0.05, 0.1) is 25.9 Å². The minimum absolute atomic E-state index is 0.00603. The van der Waals surface area contributed by atoms with Crippen LogP contribution in [0.15, 0.2) is 53.0 Å². The zero-order chi connectivity index (χ0) is 22.8. The van der Waals surface area contributed by atoms with E-state index in [1.165, 1.54) is 0 Å². The molecule has 5 atom stereocenters. The average Bonchev–Trinajstić information content (AvgIpc) is 2.79. The number of carbonyl (C=O) groups excluding carboxylic acids is 1. The Kier molecular flexibility index (Phi) is 7.02. The summed E-state index contributed by atoms with van der Waals surface area (Å²) in [4.78, 5) is 16.8. The fourth-order valence-corrected chi connectivity index (χ4v) is 5.01. The molecule has 9 heteroatoms. The van der Waals surface area contributed by atoms with Crippen molar-refractivity contribution in [2.75, 3.05) is 38.6 Å². The van der Waals surface area contributed by atoms with Crippen molar-refractivity contribution in [3.05, 3.63) is 58.6 Å². The number of hydrogen-bond acceptors (Lipinski definition) is 6. The molecule has 172 valence electrons. The van der Waals surface area contributed by atoms with Crippen LogP contribution in [0.2, 0.25) is 0 Å². The number of β-amino-alcohol motifs (C(OH)–C–C–N with tert-alkyl or cyclic N) is 1. The van der Waals surface area contributed by atoms with E-state index in [9.17, 15) is 15.0 Å². The molecule has 0 bridgehead atoms. The highest BCUT2D eigenvalue weighted by Gasteiger charge is 2.51. The second-order valence-electron chi connectivity index (χ2n) is 8.34. The fraction of sp³-hybridized carbons (Fsp3) is 0.435. The number of nitrogens with two attached hydrogens (primary N) is 1. The van der Waals surface area contributed by atoms with E-state index < -0.39 is 12.2 Å². The number of rotatable bonds is 4. The second-order valence-corrected chi connectivity index (χ2v) is 9.26. The molecule has 4 rings (SSSR count). The van der Waals surface area contributed by atoms with Crippen LogP contribution in [0.1, 0.15) is 11.5 Å². The Bertz CT molecular complexity index is 927. The first kappa shape index (κ1) is 23.0. The number of halogens is 1. The summed E-state index contributed by atoms with van der Waals surface area (Å²) < 4.78 is 6.16. The Labute approximate surface area is 196 Å². The Morgan fingerprint density at radius 3 is 2.38 bits per heavy atom. The molecule has 2 saturated heterocycles. The predicted molar refractivity (Wildman–Crippen MR) is 126 cm³/mol. The molecule has 0 aromatic heterocycles. The third-order valence-electron chi connectivity index (χ3n) is 6.46. The number of hydrogen-bond donors (Lipinski definition) is 4. The van der Waals surface area contributed by atoms with Gasteiger partial charge in [-0.15, -0.1) is 0 Å². The molecular weight excluding hydrogens is 476 g/mol. The first-order valence-corrected chi connectivity index (χ1v) is 11.5. The van der Waals surface area contributed by atoms with Gasteiger partial charge in [0.2, 0.25) is 0 Å². The number of ether oxygens (including phenoxy) is 1. The molecule has 32 heavy (non-hydrogen) atoms. The summed E-state index contributed by atoms with van der Waals surface area (Å²) in [6.07, 6.45) is -2.00. The third kappa shape index (κ3) is 4.62. The lowest BCUT2D eigenvalue weighted by atomic mass is 9.74. The van der Waals surface area contributed by atoms with Gasteiger partial charge >= 0.3 is 6.03 Å². The van der Waals surface area contributed by atoms with E-state index in [-0.39, 0.29) is 30.6 Å². The third-order valence-corrected chi connectivity index (χ3v) is 6.99. The van der Waals surface area contributed by atoms with Gasteiger partial charge < -0.3 is 30.9 Å². The molecule has 4 unspecified atom stereocenters. The number of benzene rings is 2. The number of nitrogens with one attached hydrogen (secondary N) is 1. The smallest absolute Gasteiger partial charge is 0.321 e. The van der Waals surface area contributed by atoms with E-state index in [0.717, 1.165) is 10.0 Å². The average molecular weight is 505 g/mol. The van der Waals surface area contributed by atoms with Crippen LogP contribution < -0.4 is 15.8 Å². The lowest BCUT2D eigenvalue weighted by Crippen LogP contribution is -2.71. The van der Waals surface area contributed by atoms with Gasteiger partial charge in [-0.25, -0.2) is 4.79 Å². The minimum atomic E-state index is -1.04. The molecule has 2 aliphatic heterocycles. The maximum Gasteiger partial charge on any atom is 0.321 e. The largest absolute Gasteiger partial charge is 0.497 e. The van der Waals surface area contributed by atoms with Crippen molar-refractivity contribution in [2.45, 2.75) is 30.2 Å². The van der Waals surface area contributed by atoms with Crippen molar-refractivity contribution in [1.82, 2.24) is 9.80 Å². The summed E-state index contributed by atoms with van der Waals surface area (Å²) in [6, 6.07) is 14.9. The summed E-state index contributed by atoms with van der Waals surface area (Å²) >= 11 is 3.48. The minimum Gasteiger partial charge on any atom is -0.497 e. The van der Waals surface area contributed by atoms with E-state index in [4.69, 9.17) is 10.5 Å². The number of aliphatic hydroxyl groups is 2. The van der Waals surface area contributed by atoms with Crippen molar-refractivity contribution in [1.29, 1.82) is 0 Å². The number of anilines is 1. The zero-order valence-electron chi connectivity index (χ0n) is 17.9. The van der Waals surface area contributed by atoms with E-state index in [1.54, 1.807) is 36.3 Å². The van der Waals surface area contributed by atoms with Crippen molar-refractivity contribution < 1.29 is 19.7 Å². The Morgan fingerprint density at radius 2 is 1.75 bits per heavy atom. The van der Waals surface area contributed by atoms with E-state index >= 15 is 0 Å². The van der Waals surface area contributed by atoms with Crippen LogP contribution >= 0.6 is 15.9 Å². The van der Waals surface area contributed by atoms with Crippen molar-refractivity contribution >= 4 is 27.6 Å².